The zero-order chi connectivity index (χ0) is 21.1. The molecule has 0 aliphatic heterocycles. The number of unbranched alkanes of at least 4 members (excludes halogenated alkanes) is 1. The van der Waals surface area contributed by atoms with Crippen molar-refractivity contribution < 1.29 is 9.47 Å². The minimum absolute atomic E-state index is 0.612. The molecule has 2 heterocycles. The van der Waals surface area contributed by atoms with Gasteiger partial charge in [-0.25, -0.2) is 0 Å². The molecule has 0 atom stereocenters. The Kier molecular flexibility index (Phi) is 5.91. The van der Waals surface area contributed by atoms with E-state index in [0.29, 0.717) is 13.2 Å². The normalized spacial score (nSPS) is 11.3. The van der Waals surface area contributed by atoms with Crippen LogP contribution in [0.25, 0.3) is 33.1 Å². The molecular weight excluding hydrogens is 374 g/mol. The number of hydrogen-bond donors (Lipinski definition) is 2. The zero-order valence-corrected chi connectivity index (χ0v) is 17.9. The summed E-state index contributed by atoms with van der Waals surface area (Å²) in [7, 11) is 1.72. The molecular formula is C25H29N3O2. The maximum absolute atomic E-state index is 5.82. The summed E-state index contributed by atoms with van der Waals surface area (Å²) < 4.78 is 11.4. The van der Waals surface area contributed by atoms with Crippen molar-refractivity contribution in [2.75, 3.05) is 20.3 Å². The van der Waals surface area contributed by atoms with E-state index >= 15 is 0 Å². The molecule has 0 spiro atoms. The third-order valence-electron chi connectivity index (χ3n) is 5.60. The molecule has 156 valence electrons. The monoisotopic (exact) mass is 403 g/mol. The average Bonchev–Trinajstić information content (AvgIpc) is 3.13. The van der Waals surface area contributed by atoms with E-state index in [2.05, 4.69) is 41.2 Å². The number of hydrogen-bond acceptors (Lipinski definition) is 4. The quantitative estimate of drug-likeness (QED) is 0.387. The van der Waals surface area contributed by atoms with E-state index < -0.39 is 0 Å². The largest absolute Gasteiger partial charge is 0.497 e. The summed E-state index contributed by atoms with van der Waals surface area (Å²) in [5.74, 6) is 1.69. The van der Waals surface area contributed by atoms with Crippen molar-refractivity contribution in [3.05, 3.63) is 53.7 Å². The Hall–Kier alpha value is -3.05. The number of aryl methyl sites for hydroxylation is 2. The van der Waals surface area contributed by atoms with Crippen LogP contribution in [0.1, 0.15) is 30.9 Å². The molecule has 5 heteroatoms. The first-order chi connectivity index (χ1) is 14.7. The average molecular weight is 404 g/mol. The van der Waals surface area contributed by atoms with Crippen LogP contribution in [0.2, 0.25) is 0 Å². The van der Waals surface area contributed by atoms with Gasteiger partial charge in [-0.1, -0.05) is 6.07 Å². The molecule has 0 saturated heterocycles. The van der Waals surface area contributed by atoms with Crippen LogP contribution in [0.15, 0.2) is 42.6 Å². The van der Waals surface area contributed by atoms with Crippen molar-refractivity contribution in [2.45, 2.75) is 33.1 Å². The maximum Gasteiger partial charge on any atom is 0.145 e. The molecule has 2 aromatic carbocycles. The molecule has 0 aliphatic rings. The van der Waals surface area contributed by atoms with Gasteiger partial charge < -0.3 is 20.2 Å². The van der Waals surface area contributed by atoms with Gasteiger partial charge in [-0.15, -0.1) is 0 Å². The van der Waals surface area contributed by atoms with E-state index in [0.717, 1.165) is 58.4 Å². The van der Waals surface area contributed by atoms with Crippen LogP contribution in [0.3, 0.4) is 0 Å². The number of pyridine rings is 1. The Labute approximate surface area is 177 Å². The summed E-state index contributed by atoms with van der Waals surface area (Å²) in [5, 5.41) is 2.30. The molecule has 5 nitrogen and oxygen atoms in total. The summed E-state index contributed by atoms with van der Waals surface area (Å²) in [6, 6.07) is 12.5. The van der Waals surface area contributed by atoms with Gasteiger partial charge in [-0.3, -0.25) is 4.98 Å². The highest BCUT2D eigenvalue weighted by atomic mass is 16.5. The first-order valence-corrected chi connectivity index (χ1v) is 10.6. The van der Waals surface area contributed by atoms with Crippen molar-refractivity contribution in [2.24, 2.45) is 5.73 Å². The van der Waals surface area contributed by atoms with E-state index in [4.69, 9.17) is 15.2 Å². The first-order valence-electron chi connectivity index (χ1n) is 10.6. The van der Waals surface area contributed by atoms with Gasteiger partial charge in [0.25, 0.3) is 0 Å². The van der Waals surface area contributed by atoms with Gasteiger partial charge in [0.05, 0.1) is 19.4 Å². The molecule has 30 heavy (non-hydrogen) atoms. The predicted octanol–water partition coefficient (Wildman–Crippen LogP) is 5.38. The van der Waals surface area contributed by atoms with Crippen LogP contribution >= 0.6 is 0 Å². The lowest BCUT2D eigenvalue weighted by Gasteiger charge is -2.12. The number of H-pyrrole nitrogens is 1. The SMILES string of the molecule is CCOc1ccc(-c2[nH]c3c(C)cc(OC)cc3c2CCCCN)c2cccnc12. The Morgan fingerprint density at radius 2 is 1.97 bits per heavy atom. The maximum atomic E-state index is 5.82. The van der Waals surface area contributed by atoms with Crippen LogP contribution < -0.4 is 15.2 Å². The number of nitrogens with one attached hydrogen (secondary N) is 1. The lowest BCUT2D eigenvalue weighted by Crippen LogP contribution is -1.99. The number of aromatic nitrogens is 2. The van der Waals surface area contributed by atoms with Crippen LogP contribution in [-0.2, 0) is 6.42 Å². The fourth-order valence-corrected chi connectivity index (χ4v) is 4.18. The number of methoxy groups -OCH3 is 1. The summed E-state index contributed by atoms with van der Waals surface area (Å²) >= 11 is 0. The Morgan fingerprint density at radius 1 is 1.10 bits per heavy atom. The third kappa shape index (κ3) is 3.61. The van der Waals surface area contributed by atoms with E-state index in [9.17, 15) is 0 Å². The van der Waals surface area contributed by atoms with Crippen LogP contribution in [0, 0.1) is 6.92 Å². The predicted molar refractivity (Wildman–Crippen MR) is 123 cm³/mol. The highest BCUT2D eigenvalue weighted by molar-refractivity contribution is 6.02. The van der Waals surface area contributed by atoms with Crippen molar-refractivity contribution in [1.29, 1.82) is 0 Å². The van der Waals surface area contributed by atoms with Crippen molar-refractivity contribution in [3.8, 4) is 22.8 Å². The minimum Gasteiger partial charge on any atom is -0.497 e. The number of ether oxygens (including phenoxy) is 2. The molecule has 0 bridgehead atoms. The van der Waals surface area contributed by atoms with Crippen molar-refractivity contribution in [1.82, 2.24) is 9.97 Å². The van der Waals surface area contributed by atoms with Gasteiger partial charge in [-0.2, -0.15) is 0 Å². The summed E-state index contributed by atoms with van der Waals surface area (Å²) in [6.45, 7) is 5.43. The molecule has 3 N–H and O–H groups in total. The highest BCUT2D eigenvalue weighted by Crippen LogP contribution is 2.39. The van der Waals surface area contributed by atoms with Crippen LogP contribution in [-0.4, -0.2) is 30.2 Å². The zero-order valence-electron chi connectivity index (χ0n) is 17.9. The van der Waals surface area contributed by atoms with E-state index in [-0.39, 0.29) is 0 Å². The molecule has 0 unspecified atom stereocenters. The first kappa shape index (κ1) is 20.2. The number of nitrogens with zero attached hydrogens (tertiary/aromatic N) is 1. The number of rotatable bonds is 8. The molecule has 4 rings (SSSR count). The van der Waals surface area contributed by atoms with Crippen molar-refractivity contribution in [3.63, 3.8) is 0 Å². The minimum atomic E-state index is 0.612. The summed E-state index contributed by atoms with van der Waals surface area (Å²) in [5.41, 5.74) is 12.6. The van der Waals surface area contributed by atoms with Crippen LogP contribution in [0.5, 0.6) is 11.5 Å². The summed E-state index contributed by atoms with van der Waals surface area (Å²) in [4.78, 5) is 8.33. The van der Waals surface area contributed by atoms with E-state index in [1.165, 1.54) is 16.5 Å². The second-order valence-electron chi connectivity index (χ2n) is 7.54. The van der Waals surface area contributed by atoms with E-state index in [1.807, 2.05) is 25.3 Å². The number of benzene rings is 2. The lowest BCUT2D eigenvalue weighted by molar-refractivity contribution is 0.343. The number of aromatic amines is 1. The smallest absolute Gasteiger partial charge is 0.145 e. The van der Waals surface area contributed by atoms with Crippen LogP contribution in [0.4, 0.5) is 0 Å². The Balaban J connectivity index is 1.97. The molecule has 2 aromatic heterocycles. The highest BCUT2D eigenvalue weighted by Gasteiger charge is 2.18. The molecule has 0 fully saturated rings. The second kappa shape index (κ2) is 8.76. The van der Waals surface area contributed by atoms with E-state index in [1.54, 1.807) is 7.11 Å². The lowest BCUT2D eigenvalue weighted by atomic mass is 9.97. The number of fused-ring (bicyclic) bond motifs is 2. The Morgan fingerprint density at radius 3 is 2.73 bits per heavy atom. The fourth-order valence-electron chi connectivity index (χ4n) is 4.18. The fraction of sp³-hybridized carbons (Fsp3) is 0.320. The molecule has 0 amide bonds. The molecule has 0 saturated carbocycles. The third-order valence-corrected chi connectivity index (χ3v) is 5.60. The van der Waals surface area contributed by atoms with Gasteiger partial charge in [0.2, 0.25) is 0 Å². The van der Waals surface area contributed by atoms with Gasteiger partial charge in [-0.05, 0) is 81.1 Å². The second-order valence-corrected chi connectivity index (χ2v) is 7.54. The van der Waals surface area contributed by atoms with Gasteiger partial charge in [0.1, 0.15) is 17.0 Å². The number of nitrogens with two attached hydrogens (primary N) is 1. The van der Waals surface area contributed by atoms with Gasteiger partial charge in [0, 0.05) is 28.0 Å². The van der Waals surface area contributed by atoms with Gasteiger partial charge in [0.15, 0.2) is 0 Å². The molecule has 4 aromatic rings. The Bertz CT molecular complexity index is 1180. The molecule has 0 aliphatic carbocycles. The van der Waals surface area contributed by atoms with Crippen molar-refractivity contribution >= 4 is 21.8 Å². The summed E-state index contributed by atoms with van der Waals surface area (Å²) in [6.07, 6.45) is 4.81. The topological polar surface area (TPSA) is 73.2 Å². The van der Waals surface area contributed by atoms with Gasteiger partial charge >= 0.3 is 0 Å². The standard InChI is InChI=1S/C25H29N3O2/c1-4-30-22-11-10-20(18-9-7-13-27-25(18)22)24-19(8-5-6-12-26)21-15-17(29-3)14-16(2)23(21)28-24/h7,9-11,13-15,28H,4-6,8,12,26H2,1-3H3. The molecule has 0 radical (unpaired) electrons.